The quantitative estimate of drug-likeness (QED) is 0.00558. The first-order chi connectivity index (χ1) is 48.3. The summed E-state index contributed by atoms with van der Waals surface area (Å²) in [5, 5.41) is 25.3. The van der Waals surface area contributed by atoms with Gasteiger partial charge in [-0.25, -0.2) is 19.1 Å². The Balaban J connectivity index is 0.000000377. The van der Waals surface area contributed by atoms with Crippen LogP contribution in [0.15, 0.2) is 182 Å². The number of nitrogens with two attached hydrogens (primary N) is 1. The number of pyridine rings is 4. The smallest absolute Gasteiger partial charge is 0.407 e. The topological polar surface area (TPSA) is 337 Å². The Morgan fingerprint density at radius 3 is 1.21 bits per heavy atom. The van der Waals surface area contributed by atoms with Crippen molar-refractivity contribution in [3.05, 3.63) is 239 Å². The van der Waals surface area contributed by atoms with Crippen molar-refractivity contribution in [1.29, 1.82) is 0 Å². The van der Waals surface area contributed by atoms with Gasteiger partial charge in [0.2, 0.25) is 11.8 Å². The van der Waals surface area contributed by atoms with Crippen LogP contribution in [0.3, 0.4) is 0 Å². The Morgan fingerprint density at radius 1 is 0.529 bits per heavy atom. The van der Waals surface area contributed by atoms with Crippen molar-refractivity contribution in [2.75, 3.05) is 49.1 Å². The molecule has 0 unspecified atom stereocenters. The van der Waals surface area contributed by atoms with Crippen LogP contribution in [0.1, 0.15) is 114 Å². The third-order valence-corrected chi connectivity index (χ3v) is 13.0. The fraction of sp³-hybridized carbons (Fsp3) is 0.360. The van der Waals surface area contributed by atoms with Crippen LogP contribution in [0.5, 0.6) is 0 Å². The summed E-state index contributed by atoms with van der Waals surface area (Å²) in [6, 6.07) is 45.8. The van der Waals surface area contributed by atoms with Gasteiger partial charge in [-0.3, -0.25) is 39.3 Å². The number of carbonyl (C=O) groups is 5. The van der Waals surface area contributed by atoms with Gasteiger partial charge in [0.25, 0.3) is 0 Å². The first-order valence-corrected chi connectivity index (χ1v) is 32.9. The number of terminal acetylenes is 1. The molecule has 8 aromatic rings. The molecule has 541 valence electrons. The van der Waals surface area contributed by atoms with Crippen molar-refractivity contribution in [3.63, 3.8) is 0 Å². The second-order valence-electron chi connectivity index (χ2n) is 25.3. The molecule has 8 rings (SSSR count). The predicted molar refractivity (Wildman–Crippen MR) is 393 cm³/mol. The Kier molecular flexibility index (Phi) is 39.1. The maximum atomic E-state index is 12.7. The van der Waals surface area contributed by atoms with Gasteiger partial charge in [-0.15, -0.1) is 11.5 Å². The van der Waals surface area contributed by atoms with Crippen LogP contribution in [0.4, 0.5) is 31.4 Å². The molecule has 5 aromatic heterocycles. The first kappa shape index (κ1) is 85.5. The van der Waals surface area contributed by atoms with E-state index in [9.17, 15) is 24.0 Å². The van der Waals surface area contributed by atoms with Crippen molar-refractivity contribution >= 4 is 47.2 Å². The van der Waals surface area contributed by atoms with Gasteiger partial charge in [0.05, 0.1) is 41.2 Å². The van der Waals surface area contributed by atoms with Gasteiger partial charge in [-0.1, -0.05) is 76.9 Å². The number of amides is 5. The van der Waals surface area contributed by atoms with Gasteiger partial charge in [0.15, 0.2) is 0 Å². The number of aromatic nitrogens is 7. The molecule has 0 aliphatic carbocycles. The normalized spacial score (nSPS) is 10.6. The van der Waals surface area contributed by atoms with E-state index in [1.165, 1.54) is 4.68 Å². The van der Waals surface area contributed by atoms with E-state index in [-0.39, 0.29) is 49.6 Å². The number of benzene rings is 3. The molecule has 26 nitrogen and oxygen atoms in total. The molecule has 27 heteroatoms. The van der Waals surface area contributed by atoms with E-state index < -0.39 is 29.0 Å². The van der Waals surface area contributed by atoms with E-state index in [1.807, 2.05) is 196 Å². The van der Waals surface area contributed by atoms with E-state index in [4.69, 9.17) is 31.9 Å². The fourth-order valence-electron chi connectivity index (χ4n) is 8.77. The average Bonchev–Trinajstić information content (AvgIpc) is 1.37. The summed E-state index contributed by atoms with van der Waals surface area (Å²) in [6.45, 7) is 26.5. The second-order valence-corrected chi connectivity index (χ2v) is 25.3. The maximum Gasteiger partial charge on any atom is 0.407 e. The number of nitrogens with one attached hydrogen (secondary N) is 5. The van der Waals surface area contributed by atoms with Gasteiger partial charge >= 0.3 is 18.3 Å². The Labute approximate surface area is 611 Å². The van der Waals surface area contributed by atoms with E-state index >= 15 is 0 Å². The number of nitrogens with zero attached hydrogens (tertiary/aromatic N) is 12. The minimum absolute atomic E-state index is 0. The number of hydrogen-bond donors (Lipinski definition) is 6. The zero-order valence-corrected chi connectivity index (χ0v) is 61.5. The molecule has 0 fully saturated rings. The summed E-state index contributed by atoms with van der Waals surface area (Å²) in [4.78, 5) is 83.0. The molecule has 5 heterocycles. The summed E-state index contributed by atoms with van der Waals surface area (Å²) >= 11 is 0. The molecule has 7 N–H and O–H groups in total. The number of anilines is 3. The largest absolute Gasteiger partial charge is 0.444 e. The third-order valence-electron chi connectivity index (χ3n) is 13.0. The SMILES string of the molecule is C#CCN(Cc1ccccn1)Cc1ccccn1.CC(C)(C)OC(=O)NCCc1ccc(N)cc1.CC(C)(C)OC(=O)NCCc1ccc(NC(=O)CN=[N+]=[N-])cc1.CC(C)(C)OC(=O)NCCc1ccc(NC(=O)Cn2cc(CN(Cc3ccccn3)Cc3ccccn3)nn2)cc1.[CH2-]C.[V]. The van der Waals surface area contributed by atoms with Crippen molar-refractivity contribution in [3.8, 4) is 12.3 Å². The number of alkyl carbamates (subject to hydrolysis) is 3. The molecule has 3 aromatic carbocycles. The van der Waals surface area contributed by atoms with Crippen LogP contribution in [-0.2, 0) is 101 Å². The van der Waals surface area contributed by atoms with Crippen LogP contribution < -0.4 is 32.3 Å². The summed E-state index contributed by atoms with van der Waals surface area (Å²) < 4.78 is 17.0. The van der Waals surface area contributed by atoms with E-state index in [0.29, 0.717) is 70.0 Å². The number of azide groups is 1. The molecule has 0 atom stereocenters. The van der Waals surface area contributed by atoms with E-state index in [0.717, 1.165) is 70.4 Å². The van der Waals surface area contributed by atoms with Gasteiger partial charge < -0.3 is 53.5 Å². The van der Waals surface area contributed by atoms with Gasteiger partial charge in [-0.2, -0.15) is 6.92 Å². The molecule has 0 saturated carbocycles. The van der Waals surface area contributed by atoms with Crippen molar-refractivity contribution in [2.45, 2.75) is 145 Å². The number of hydrogen-bond acceptors (Lipinski definition) is 18. The predicted octanol–water partition coefficient (Wildman–Crippen LogP) is 12.3. The molecule has 0 aliphatic rings. The molecule has 0 spiro atoms. The van der Waals surface area contributed by atoms with Crippen LogP contribution in [-0.4, -0.2) is 124 Å². The molecule has 1 radical (unpaired) electrons. The fourth-order valence-corrected chi connectivity index (χ4v) is 8.77. The number of rotatable bonds is 26. The monoisotopic (exact) mass is 1430 g/mol. The van der Waals surface area contributed by atoms with Crippen molar-refractivity contribution in [2.24, 2.45) is 5.11 Å². The first-order valence-electron chi connectivity index (χ1n) is 32.9. The van der Waals surface area contributed by atoms with Crippen LogP contribution in [0.25, 0.3) is 10.4 Å². The summed E-state index contributed by atoms with van der Waals surface area (Å²) in [5.74, 6) is 2.10. The Bertz CT molecular complexity index is 3710. The number of carbonyl (C=O) groups excluding carboxylic acids is 5. The number of nitrogen functional groups attached to an aromatic ring is 1. The summed E-state index contributed by atoms with van der Waals surface area (Å²) in [6.07, 6.45) is 15.1. The average molecular weight is 1430 g/mol. The van der Waals surface area contributed by atoms with Gasteiger partial charge in [-0.05, 0) is 189 Å². The van der Waals surface area contributed by atoms with Crippen LogP contribution in [0, 0.1) is 19.3 Å². The molecule has 5 amide bonds. The number of ether oxygens (including phenoxy) is 3. The zero-order valence-electron chi connectivity index (χ0n) is 60.1. The third kappa shape index (κ3) is 39.8. The summed E-state index contributed by atoms with van der Waals surface area (Å²) in [7, 11) is 0. The minimum atomic E-state index is -0.530. The molecule has 0 saturated heterocycles. The van der Waals surface area contributed by atoms with Gasteiger partial charge in [0.1, 0.15) is 29.9 Å². The zero-order chi connectivity index (χ0) is 73.9. The van der Waals surface area contributed by atoms with Crippen LogP contribution in [0.2, 0.25) is 0 Å². The minimum Gasteiger partial charge on any atom is -0.444 e. The Morgan fingerprint density at radius 2 is 0.873 bits per heavy atom. The standard InChI is InChI=1S/C30H36N8O3.C15H21N5O3.C15H15N3.C13H20N2O2.C2H5.V/c1-30(2,3)41-29(40)33-17-14-23-10-12-24(13-11-23)34-28(39)22-38-21-27(35-36-38)20-37(18-25-8-4-6-15-31-25)19-26-9-5-7-16-32-26;1-15(2,3)23-14(22)17-9-8-11-4-6-12(7-5-11)19-13(21)10-18-20-16;1-2-11-18(12-14-7-3-5-9-16-14)13-15-8-4-6-10-17-15;1-13(2,3)17-12(16)15-9-8-10-4-6-11(14)7-5-10;1-2;/h4-13,15-16,21H,14,17-20,22H2,1-3H3,(H,33,40)(H,34,39);4-7H,8-10H2,1-3H3,(H,17,22)(H,19,21);1,3-10H,11-13H2;4-7H,8-9,14H2,1-3H3,(H,15,16);1H2,2H3;/q;;;;-1;. The second kappa shape index (κ2) is 46.6. The van der Waals surface area contributed by atoms with Crippen molar-refractivity contribution in [1.82, 2.24) is 60.7 Å². The molecule has 102 heavy (non-hydrogen) atoms. The van der Waals surface area contributed by atoms with Crippen molar-refractivity contribution < 1.29 is 56.7 Å². The molecule has 0 aliphatic heterocycles. The summed E-state index contributed by atoms with van der Waals surface area (Å²) in [5.41, 5.74) is 22.1. The van der Waals surface area contributed by atoms with Crippen LogP contribution >= 0.6 is 0 Å². The van der Waals surface area contributed by atoms with Gasteiger partial charge in [0, 0.05) is 118 Å². The molecular weight excluding hydrogens is 1330 g/mol. The Hall–Kier alpha value is -10.7. The molecular formula is C75H97N18O8V-. The molecule has 0 bridgehead atoms. The maximum absolute atomic E-state index is 12.7. The van der Waals surface area contributed by atoms with E-state index in [2.05, 4.69) is 89.5 Å². The van der Waals surface area contributed by atoms with E-state index in [1.54, 1.807) is 50.0 Å².